The van der Waals surface area contributed by atoms with Crippen LogP contribution in [0.4, 0.5) is 25.0 Å². The van der Waals surface area contributed by atoms with Gasteiger partial charge in [-0.25, -0.2) is 9.97 Å². The lowest BCUT2D eigenvalue weighted by molar-refractivity contribution is -0.119. The van der Waals surface area contributed by atoms with Crippen LogP contribution in [0, 0.1) is 27.7 Å². The van der Waals surface area contributed by atoms with Crippen LogP contribution in [-0.2, 0) is 64.1 Å². The molecule has 22 nitrogen and oxygen atoms in total. The Balaban J connectivity index is 0.000000150. The molecule has 8 amide bonds. The van der Waals surface area contributed by atoms with Crippen LogP contribution in [0.25, 0.3) is 0 Å². The second-order valence-corrected chi connectivity index (χ2v) is 30.4. The van der Waals surface area contributed by atoms with Gasteiger partial charge in [0.05, 0.1) is 34.2 Å². The number of halogens is 1. The Hall–Kier alpha value is -9.60. The number of ether oxygens (including phenoxy) is 5. The highest BCUT2D eigenvalue weighted by Crippen LogP contribution is 2.44. The van der Waals surface area contributed by atoms with Gasteiger partial charge in [-0.15, -0.1) is 0 Å². The van der Waals surface area contributed by atoms with Gasteiger partial charge in [0.25, 0.3) is 21.0 Å². The largest absolute Gasteiger partial charge is 0.507 e. The molecule has 0 bridgehead atoms. The summed E-state index contributed by atoms with van der Waals surface area (Å²) in [6.07, 6.45) is 10.8. The van der Waals surface area contributed by atoms with E-state index in [1.165, 1.54) is 5.56 Å². The van der Waals surface area contributed by atoms with Gasteiger partial charge in [0.1, 0.15) is 64.2 Å². The van der Waals surface area contributed by atoms with Crippen LogP contribution in [0.5, 0.6) is 40.4 Å². The van der Waals surface area contributed by atoms with Crippen molar-refractivity contribution >= 4 is 109 Å². The highest BCUT2D eigenvalue weighted by molar-refractivity contribution is 8.16. The number of nitrogens with zero attached hydrogens (tertiary/aromatic N) is 4. The number of likely N-dealkylation sites (N-methyl/N-ethyl adjacent to an activating group) is 1. The number of anilines is 1. The van der Waals surface area contributed by atoms with E-state index in [2.05, 4.69) is 49.2 Å². The molecule has 104 heavy (non-hydrogen) atoms. The topological polar surface area (TPSA) is 293 Å². The first kappa shape index (κ1) is 77.0. The summed E-state index contributed by atoms with van der Waals surface area (Å²) in [6.45, 7) is 14.1. The summed E-state index contributed by atoms with van der Waals surface area (Å²) in [7, 11) is 1.97. The fourth-order valence-corrected chi connectivity index (χ4v) is 14.9. The van der Waals surface area contributed by atoms with Gasteiger partial charge in [-0.05, 0) is 202 Å². The number of hydrogen-bond donors (Lipinski definition) is 5. The molecule has 0 radical (unpaired) electrons. The smallest absolute Gasteiger partial charge is 0.286 e. The second-order valence-electron chi connectivity index (χ2n) is 25.3. The molecule has 8 heterocycles. The molecule has 3 aromatic heterocycles. The molecule has 5 aromatic carbocycles. The average Bonchev–Trinajstić information content (AvgIpc) is 0.986. The summed E-state index contributed by atoms with van der Waals surface area (Å²) in [5.74, 6) is 4.48. The number of aromatic hydroxyl groups is 1. The van der Waals surface area contributed by atoms with E-state index >= 15 is 0 Å². The van der Waals surface area contributed by atoms with Crippen molar-refractivity contribution in [1.29, 1.82) is 0 Å². The Morgan fingerprint density at radius 1 is 0.558 bits per heavy atom. The van der Waals surface area contributed by atoms with Gasteiger partial charge in [0, 0.05) is 43.3 Å². The van der Waals surface area contributed by atoms with Gasteiger partial charge >= 0.3 is 0 Å². The van der Waals surface area contributed by atoms with Gasteiger partial charge < -0.3 is 33.7 Å². The maximum Gasteiger partial charge on any atom is 0.286 e. The molecule has 5 atom stereocenters. The molecule has 0 aliphatic carbocycles. The van der Waals surface area contributed by atoms with Gasteiger partial charge in [0.2, 0.25) is 29.5 Å². The van der Waals surface area contributed by atoms with E-state index in [9.17, 15) is 43.5 Å². The molecule has 5 aliphatic rings. The third-order valence-electron chi connectivity index (χ3n) is 17.4. The minimum absolute atomic E-state index is 0.211. The minimum Gasteiger partial charge on any atom is -0.507 e. The number of phenolic OH excluding ortho intramolecular Hbond substituents is 1. The quantitative estimate of drug-likeness (QED) is 0.0397. The Morgan fingerprint density at radius 2 is 1.02 bits per heavy atom. The number of aryl methyl sites for hydroxylation is 2. The summed E-state index contributed by atoms with van der Waals surface area (Å²) in [6, 6.07) is 41.9. The van der Waals surface area contributed by atoms with E-state index in [-0.39, 0.29) is 65.6 Å². The first-order valence-electron chi connectivity index (χ1n) is 33.6. The molecule has 4 saturated heterocycles. The molecule has 0 spiro atoms. The average molecular weight is 1500 g/mol. The summed E-state index contributed by atoms with van der Waals surface area (Å²) >= 11 is 10.2. The zero-order valence-corrected chi connectivity index (χ0v) is 62.3. The third-order valence-corrected chi connectivity index (χ3v) is 21.6. The first-order valence-corrected chi connectivity index (χ1v) is 37.5. The van der Waals surface area contributed by atoms with Gasteiger partial charge in [-0.1, -0.05) is 126 Å². The van der Waals surface area contributed by atoms with Crippen molar-refractivity contribution in [3.63, 3.8) is 0 Å². The van der Waals surface area contributed by atoms with E-state index in [0.717, 1.165) is 164 Å². The predicted octanol–water partition coefficient (Wildman–Crippen LogP) is 13.8. The van der Waals surface area contributed by atoms with E-state index in [1.807, 2.05) is 162 Å². The minimum atomic E-state index is -0.467. The molecule has 8 aromatic rings. The lowest BCUT2D eigenvalue weighted by atomic mass is 9.87. The molecule has 27 heteroatoms. The van der Waals surface area contributed by atoms with Crippen LogP contribution < -0.4 is 49.9 Å². The van der Waals surface area contributed by atoms with E-state index < -0.39 is 5.60 Å². The number of nitrogens with one attached hydrogen (secondary N) is 4. The molecule has 5 unspecified atom stereocenters. The predicted molar refractivity (Wildman–Crippen MR) is 405 cm³/mol. The summed E-state index contributed by atoms with van der Waals surface area (Å²) in [4.78, 5) is 106. The molecule has 0 saturated carbocycles. The molecule has 542 valence electrons. The summed E-state index contributed by atoms with van der Waals surface area (Å²) in [5.41, 5.74) is 10.5. The Morgan fingerprint density at radius 3 is 1.44 bits per heavy atom. The lowest BCUT2D eigenvalue weighted by Gasteiger charge is -2.37. The molecule has 5 aliphatic heterocycles. The van der Waals surface area contributed by atoms with Crippen LogP contribution in [0.15, 0.2) is 152 Å². The number of amides is 8. The lowest BCUT2D eigenvalue weighted by Crippen LogP contribution is -2.42. The zero-order chi connectivity index (χ0) is 74.0. The maximum absolute atomic E-state index is 11.7. The first-order chi connectivity index (χ1) is 49.9. The molecule has 5 N–H and O–H groups in total. The van der Waals surface area contributed by atoms with E-state index in [4.69, 9.17) is 35.3 Å². The van der Waals surface area contributed by atoms with Crippen molar-refractivity contribution in [1.82, 2.24) is 36.2 Å². The summed E-state index contributed by atoms with van der Waals surface area (Å²) < 4.78 is 29.6. The fourth-order valence-electron chi connectivity index (χ4n) is 11.2. The number of phenols is 1. The van der Waals surface area contributed by atoms with Gasteiger partial charge in [-0.2, -0.15) is 0 Å². The van der Waals surface area contributed by atoms with E-state index in [1.54, 1.807) is 30.6 Å². The van der Waals surface area contributed by atoms with Crippen molar-refractivity contribution in [2.75, 3.05) is 38.3 Å². The second kappa shape index (κ2) is 36.2. The van der Waals surface area contributed by atoms with Crippen LogP contribution in [-0.4, -0.2) is 125 Å². The van der Waals surface area contributed by atoms with Crippen LogP contribution in [0.1, 0.15) is 81.6 Å². The number of rotatable bonds is 23. The number of carbonyl (C=O) groups excluding carboxylic acids is 8. The van der Waals surface area contributed by atoms with Gasteiger partial charge in [-0.3, -0.25) is 64.6 Å². The van der Waals surface area contributed by atoms with Crippen molar-refractivity contribution in [3.8, 4) is 40.4 Å². The number of aromatic nitrogens is 3. The Labute approximate surface area is 625 Å². The number of hydrogen-bond acceptors (Lipinski definition) is 22. The molecular weight excluding hydrogens is 1420 g/mol. The van der Waals surface area contributed by atoms with Gasteiger partial charge in [0.15, 0.2) is 0 Å². The third kappa shape index (κ3) is 21.7. The summed E-state index contributed by atoms with van der Waals surface area (Å²) in [5, 5.41) is 17.5. The van der Waals surface area contributed by atoms with Crippen molar-refractivity contribution in [2.24, 2.45) is 0 Å². The molecule has 4 fully saturated rings. The van der Waals surface area contributed by atoms with Crippen molar-refractivity contribution < 1.29 is 67.1 Å². The maximum atomic E-state index is 11.7. The molecule has 13 rings (SSSR count). The Kier molecular flexibility index (Phi) is 26.8. The van der Waals surface area contributed by atoms with Crippen LogP contribution in [0.3, 0.4) is 0 Å². The number of pyridine rings is 3. The standard InChI is InChI=1S/C24H27NO5S.C19H20N2O3S.C18H19N3O3S.C16H13ClN2O3S/c1-13-14(2)21-18(15(3)20(13)26)9-10-24(4,30-21)12-29-17-7-5-16(6-8-17)11-19-22(27)25-23(28)31-19;1-2-13-3-6-15(20-12-13)9-10-24-16-7-4-14(5-8-16)11-17-18(22)21-19(23)25-17;1-21(16-4-2-3-9-19-16)10-11-24-14-7-5-13(6-8-14)12-15-17(22)20-18(23)25-15;1-9-6-12(17)15(18-8-9)22-11-4-2-10(3-5-11)7-13-14(20)19-16(21)23-13/h5-8,19,26H,9-12H2,1-4H3,(H,25,27,28);3-8,12,17H,2,9-11H2,1H3,(H,21,22,23);2-9,15H,10-12H2,1H3,(H,20,22,23);2-6,8,13H,7H2,1H3,(H,19,20,21). The fraction of sp³-hybridized carbons (Fsp3) is 0.312. The normalized spacial score (nSPS) is 18.6. The number of thioether (sulfide) groups is 4. The Bertz CT molecular complexity index is 4410. The van der Waals surface area contributed by atoms with Crippen molar-refractivity contribution in [2.45, 2.75) is 120 Å². The highest BCUT2D eigenvalue weighted by Gasteiger charge is 2.37. The van der Waals surface area contributed by atoms with E-state index in [0.29, 0.717) is 67.9 Å². The highest BCUT2D eigenvalue weighted by atomic mass is 35.5. The SMILES string of the molecule is CCc1ccc(CCOc2ccc(CC3SC(=O)NC3=O)cc2)nc1.CN(CCOc1ccc(CC2SC(=O)NC2=O)cc1)c1ccccn1.Cc1c(C)c2c(c(C)c1O)CCC(C)(COc1ccc(CC3SC(=O)NC3=O)cc1)O2.Cc1cnc(Oc2ccc(CC3SC(=O)NC3=O)cc2)c(Cl)c1. The van der Waals surface area contributed by atoms with Crippen LogP contribution >= 0.6 is 58.6 Å². The monoisotopic (exact) mass is 1500 g/mol. The number of carbonyl (C=O) groups is 8. The van der Waals surface area contributed by atoms with Crippen LogP contribution in [0.2, 0.25) is 5.02 Å². The van der Waals surface area contributed by atoms with Crippen molar-refractivity contribution in [3.05, 3.63) is 218 Å². The number of imide groups is 4. The zero-order valence-electron chi connectivity index (χ0n) is 58.3. The molecular formula is C77H79ClN8O14S4. The number of fused-ring (bicyclic) bond motifs is 1. The number of benzene rings is 5.